The minimum atomic E-state index is -0.352. The Bertz CT molecular complexity index is 1270. The van der Waals surface area contributed by atoms with Gasteiger partial charge in [0.05, 0.1) is 15.7 Å². The summed E-state index contributed by atoms with van der Waals surface area (Å²) in [6.07, 6.45) is 0. The van der Waals surface area contributed by atoms with Crippen LogP contribution in [0.4, 0.5) is 17.2 Å². The van der Waals surface area contributed by atoms with Crippen LogP contribution in [-0.2, 0) is 0 Å². The van der Waals surface area contributed by atoms with Gasteiger partial charge in [-0.05, 0) is 37.3 Å². The first-order valence-electron chi connectivity index (χ1n) is 9.66. The number of carbonyl (C=O) groups is 1. The molecular weight excluding hydrogens is 447 g/mol. The largest absolute Gasteiger partial charge is 0.505 e. The lowest BCUT2D eigenvalue weighted by atomic mass is 10.1. The van der Waals surface area contributed by atoms with E-state index < -0.39 is 0 Å². The Hall–Kier alpha value is -3.61. The van der Waals surface area contributed by atoms with Gasteiger partial charge in [0, 0.05) is 28.6 Å². The molecule has 0 unspecified atom stereocenters. The molecule has 160 valence electrons. The van der Waals surface area contributed by atoms with Crippen molar-refractivity contribution in [2.75, 3.05) is 10.6 Å². The highest BCUT2D eigenvalue weighted by Crippen LogP contribution is 2.34. The zero-order chi connectivity index (χ0) is 22.7. The molecule has 4 aromatic rings. The summed E-state index contributed by atoms with van der Waals surface area (Å²) in [5.74, 6) is 0.665. The molecule has 3 aromatic carbocycles. The Morgan fingerprint density at radius 2 is 1.59 bits per heavy atom. The summed E-state index contributed by atoms with van der Waals surface area (Å²) in [7, 11) is 0. The number of anilines is 3. The molecule has 0 aliphatic rings. The number of phenolic OH excluding ortho intramolecular Hbond substituents is 1. The molecule has 0 aliphatic carbocycles. The number of nitrogens with zero attached hydrogens (tertiary/aromatic N) is 2. The van der Waals surface area contributed by atoms with Gasteiger partial charge in [-0.1, -0.05) is 59.6 Å². The van der Waals surface area contributed by atoms with Crippen molar-refractivity contribution in [2.45, 2.75) is 6.92 Å². The fourth-order valence-corrected chi connectivity index (χ4v) is 3.60. The first-order chi connectivity index (χ1) is 15.4. The monoisotopic (exact) mass is 464 g/mol. The Kier molecular flexibility index (Phi) is 6.25. The van der Waals surface area contributed by atoms with E-state index in [2.05, 4.69) is 20.6 Å². The molecular formula is C24H18Cl2N4O2. The van der Waals surface area contributed by atoms with Crippen LogP contribution in [0.2, 0.25) is 10.0 Å². The highest BCUT2D eigenvalue weighted by atomic mass is 35.5. The minimum absolute atomic E-state index is 0.0524. The van der Waals surface area contributed by atoms with Gasteiger partial charge in [0.2, 0.25) is 0 Å². The Morgan fingerprint density at radius 3 is 2.31 bits per heavy atom. The van der Waals surface area contributed by atoms with E-state index in [4.69, 9.17) is 23.2 Å². The van der Waals surface area contributed by atoms with Crippen LogP contribution in [0.5, 0.6) is 5.75 Å². The van der Waals surface area contributed by atoms with E-state index in [1.807, 2.05) is 49.4 Å². The van der Waals surface area contributed by atoms with Gasteiger partial charge in [0.1, 0.15) is 11.6 Å². The summed E-state index contributed by atoms with van der Waals surface area (Å²) < 4.78 is 0. The Balaban J connectivity index is 1.55. The molecule has 1 amide bonds. The van der Waals surface area contributed by atoms with E-state index in [1.165, 1.54) is 12.1 Å². The highest BCUT2D eigenvalue weighted by molar-refractivity contribution is 6.37. The summed E-state index contributed by atoms with van der Waals surface area (Å²) in [5, 5.41) is 15.7. The number of amides is 1. The van der Waals surface area contributed by atoms with E-state index >= 15 is 0 Å². The topological polar surface area (TPSA) is 87.1 Å². The van der Waals surface area contributed by atoms with Crippen LogP contribution < -0.4 is 10.6 Å². The summed E-state index contributed by atoms with van der Waals surface area (Å²) in [4.78, 5) is 21.7. The first-order valence-corrected chi connectivity index (χ1v) is 10.4. The molecule has 0 atom stereocenters. The molecule has 0 saturated carbocycles. The molecule has 0 fully saturated rings. The summed E-state index contributed by atoms with van der Waals surface area (Å²) >= 11 is 11.9. The maximum Gasteiger partial charge on any atom is 0.255 e. The third-order valence-corrected chi connectivity index (χ3v) is 5.16. The molecule has 0 aliphatic heterocycles. The smallest absolute Gasteiger partial charge is 0.255 e. The molecule has 1 heterocycles. The van der Waals surface area contributed by atoms with E-state index in [1.54, 1.807) is 18.2 Å². The van der Waals surface area contributed by atoms with Crippen LogP contribution in [0.1, 0.15) is 16.2 Å². The van der Waals surface area contributed by atoms with Crippen LogP contribution in [0.3, 0.4) is 0 Å². The van der Waals surface area contributed by atoms with Gasteiger partial charge in [-0.25, -0.2) is 9.97 Å². The maximum absolute atomic E-state index is 12.7. The Morgan fingerprint density at radius 1 is 0.875 bits per heavy atom. The first kappa shape index (κ1) is 21.6. The van der Waals surface area contributed by atoms with Gasteiger partial charge in [-0.15, -0.1) is 0 Å². The van der Waals surface area contributed by atoms with Gasteiger partial charge in [-0.2, -0.15) is 0 Å². The SMILES string of the molecule is Cc1nc(Nc2cccc(C(=O)Nc3cc(Cl)c(O)c(Cl)c3)c2)cc(-c2ccccc2)n1. The zero-order valence-corrected chi connectivity index (χ0v) is 18.4. The number of rotatable bonds is 5. The van der Waals surface area contributed by atoms with E-state index in [9.17, 15) is 9.90 Å². The van der Waals surface area contributed by atoms with Crippen LogP contribution >= 0.6 is 23.2 Å². The van der Waals surface area contributed by atoms with Gasteiger partial charge >= 0.3 is 0 Å². The lowest BCUT2D eigenvalue weighted by Gasteiger charge is -2.11. The number of aryl methyl sites for hydroxylation is 1. The number of nitrogens with one attached hydrogen (secondary N) is 2. The summed E-state index contributed by atoms with van der Waals surface area (Å²) in [6.45, 7) is 1.83. The van der Waals surface area contributed by atoms with Crippen molar-refractivity contribution in [3.8, 4) is 17.0 Å². The normalized spacial score (nSPS) is 10.6. The third-order valence-electron chi connectivity index (χ3n) is 4.58. The summed E-state index contributed by atoms with van der Waals surface area (Å²) in [5.41, 5.74) is 3.27. The molecule has 6 nitrogen and oxygen atoms in total. The molecule has 0 saturated heterocycles. The average Bonchev–Trinajstić information content (AvgIpc) is 2.78. The van der Waals surface area contributed by atoms with Gasteiger partial charge in [-0.3, -0.25) is 4.79 Å². The van der Waals surface area contributed by atoms with Crippen molar-refractivity contribution < 1.29 is 9.90 Å². The lowest BCUT2D eigenvalue weighted by molar-refractivity contribution is 0.102. The number of phenols is 1. The summed E-state index contributed by atoms with van der Waals surface area (Å²) in [6, 6.07) is 21.5. The fourth-order valence-electron chi connectivity index (χ4n) is 3.12. The number of carbonyl (C=O) groups excluding carboxylic acids is 1. The predicted octanol–water partition coefficient (Wildman–Crippen LogP) is 6.46. The lowest BCUT2D eigenvalue weighted by Crippen LogP contribution is -2.12. The molecule has 4 rings (SSSR count). The second kappa shape index (κ2) is 9.26. The van der Waals surface area contributed by atoms with Crippen molar-refractivity contribution >= 4 is 46.3 Å². The van der Waals surface area contributed by atoms with Crippen LogP contribution in [0, 0.1) is 6.92 Å². The fraction of sp³-hybridized carbons (Fsp3) is 0.0417. The minimum Gasteiger partial charge on any atom is -0.505 e. The number of benzene rings is 3. The predicted molar refractivity (Wildman–Crippen MR) is 128 cm³/mol. The number of halogens is 2. The van der Waals surface area contributed by atoms with E-state index in [-0.39, 0.29) is 21.7 Å². The molecule has 8 heteroatoms. The number of aromatic nitrogens is 2. The number of hydrogen-bond acceptors (Lipinski definition) is 5. The third kappa shape index (κ3) is 4.99. The van der Waals surface area contributed by atoms with Crippen LogP contribution in [0.25, 0.3) is 11.3 Å². The molecule has 3 N–H and O–H groups in total. The number of aromatic hydroxyl groups is 1. The van der Waals surface area contributed by atoms with Gasteiger partial charge in [0.15, 0.2) is 5.75 Å². The Labute approximate surface area is 194 Å². The molecule has 1 aromatic heterocycles. The number of hydrogen-bond donors (Lipinski definition) is 3. The van der Waals surface area contributed by atoms with Crippen molar-refractivity contribution in [1.82, 2.24) is 9.97 Å². The highest BCUT2D eigenvalue weighted by Gasteiger charge is 2.12. The average molecular weight is 465 g/mol. The van der Waals surface area contributed by atoms with E-state index in [0.29, 0.717) is 28.6 Å². The molecule has 0 bridgehead atoms. The standard InChI is InChI=1S/C24H18Cl2N4O2/c1-14-27-21(15-6-3-2-4-7-15)13-22(28-14)29-17-9-5-8-16(10-17)24(32)30-18-11-19(25)23(31)20(26)12-18/h2-13,31H,1H3,(H,30,32)(H,27,28,29). The second-order valence-electron chi connectivity index (χ2n) is 7.00. The quantitative estimate of drug-likeness (QED) is 0.295. The van der Waals surface area contributed by atoms with Crippen molar-refractivity contribution in [1.29, 1.82) is 0 Å². The van der Waals surface area contributed by atoms with Crippen LogP contribution in [-0.4, -0.2) is 21.0 Å². The van der Waals surface area contributed by atoms with Crippen molar-refractivity contribution in [3.05, 3.63) is 94.2 Å². The second-order valence-corrected chi connectivity index (χ2v) is 7.81. The van der Waals surface area contributed by atoms with E-state index in [0.717, 1.165) is 11.3 Å². The van der Waals surface area contributed by atoms with Crippen molar-refractivity contribution in [3.63, 3.8) is 0 Å². The molecule has 0 spiro atoms. The van der Waals surface area contributed by atoms with Gasteiger partial charge in [0.25, 0.3) is 5.91 Å². The molecule has 32 heavy (non-hydrogen) atoms. The maximum atomic E-state index is 12.7. The van der Waals surface area contributed by atoms with Crippen molar-refractivity contribution in [2.24, 2.45) is 0 Å². The van der Waals surface area contributed by atoms with Crippen LogP contribution in [0.15, 0.2) is 72.8 Å². The zero-order valence-electron chi connectivity index (χ0n) is 16.9. The molecule has 0 radical (unpaired) electrons. The van der Waals surface area contributed by atoms with Gasteiger partial charge < -0.3 is 15.7 Å².